The van der Waals surface area contributed by atoms with Gasteiger partial charge >= 0.3 is 0 Å². The van der Waals surface area contributed by atoms with E-state index >= 15 is 0 Å². The molecule has 0 spiro atoms. The predicted octanol–water partition coefficient (Wildman–Crippen LogP) is 1.99. The summed E-state index contributed by atoms with van der Waals surface area (Å²) in [6.07, 6.45) is 0. The molecule has 0 fully saturated rings. The van der Waals surface area contributed by atoms with Crippen molar-refractivity contribution < 1.29 is 4.79 Å². The Balaban J connectivity index is 2.26. The fourth-order valence-electron chi connectivity index (χ4n) is 1.46. The van der Waals surface area contributed by atoms with Crippen molar-refractivity contribution in [2.24, 2.45) is 0 Å². The van der Waals surface area contributed by atoms with Crippen molar-refractivity contribution in [3.05, 3.63) is 40.4 Å². The smallest absolute Gasteiger partial charge is 0.271 e. The Kier molecular flexibility index (Phi) is 3.35. The lowest BCUT2D eigenvalue weighted by molar-refractivity contribution is 0.0996. The number of hydrogen-bond acceptors (Lipinski definition) is 5. The minimum atomic E-state index is -0.146. The summed E-state index contributed by atoms with van der Waals surface area (Å²) in [5.74, 6) is -0.146. The number of rotatable bonds is 2. The first kappa shape index (κ1) is 12.2. The lowest BCUT2D eigenvalue weighted by Crippen LogP contribution is -2.25. The number of aryl methyl sites for hydroxylation is 1. The summed E-state index contributed by atoms with van der Waals surface area (Å²) in [6.45, 7) is 1.75. The topological polar surface area (TPSA) is 69.9 Å². The highest BCUT2D eigenvalue weighted by Crippen LogP contribution is 2.19. The molecule has 1 aromatic carbocycles. The molecule has 2 rings (SSSR count). The van der Waals surface area contributed by atoms with Gasteiger partial charge in [0.2, 0.25) is 0 Å². The first-order chi connectivity index (χ1) is 8.63. The Morgan fingerprint density at radius 3 is 2.56 bits per heavy atom. The molecule has 18 heavy (non-hydrogen) atoms. The average molecular weight is 258 g/mol. The van der Waals surface area contributed by atoms with Crippen LogP contribution in [0.2, 0.25) is 0 Å². The van der Waals surface area contributed by atoms with Gasteiger partial charge < -0.3 is 4.90 Å². The number of carbonyl (C=O) groups is 1. The van der Waals surface area contributed by atoms with Crippen LogP contribution in [0.25, 0.3) is 0 Å². The van der Waals surface area contributed by atoms with Crippen LogP contribution in [0.3, 0.4) is 0 Å². The maximum absolute atomic E-state index is 12.2. The zero-order valence-corrected chi connectivity index (χ0v) is 10.7. The van der Waals surface area contributed by atoms with Crippen LogP contribution in [0.5, 0.6) is 0 Å². The molecule has 0 atom stereocenters. The molecule has 2 aromatic rings. The summed E-state index contributed by atoms with van der Waals surface area (Å²) in [6, 6.07) is 8.87. The summed E-state index contributed by atoms with van der Waals surface area (Å²) in [4.78, 5) is 14.2. The third-order valence-electron chi connectivity index (χ3n) is 2.53. The molecular weight excluding hydrogens is 248 g/mol. The highest BCUT2D eigenvalue weighted by atomic mass is 32.1. The summed E-state index contributed by atoms with van der Waals surface area (Å²) >= 11 is 1.08. The molecule has 0 unspecified atom stereocenters. The summed E-state index contributed by atoms with van der Waals surface area (Å²) in [5.41, 5.74) is 1.92. The minimum absolute atomic E-state index is 0.146. The normalized spacial score (nSPS) is 9.83. The highest BCUT2D eigenvalue weighted by Gasteiger charge is 2.18. The molecule has 0 N–H and O–H groups in total. The molecule has 0 radical (unpaired) electrons. The second-order valence-corrected chi connectivity index (χ2v) is 4.46. The van der Waals surface area contributed by atoms with E-state index in [4.69, 9.17) is 5.26 Å². The van der Waals surface area contributed by atoms with Gasteiger partial charge in [-0.25, -0.2) is 0 Å². The van der Waals surface area contributed by atoms with Gasteiger partial charge in [-0.05, 0) is 42.7 Å². The third kappa shape index (κ3) is 2.21. The number of aromatic nitrogens is 2. The van der Waals surface area contributed by atoms with Gasteiger partial charge in [0.25, 0.3) is 5.91 Å². The van der Waals surface area contributed by atoms with Gasteiger partial charge in [0, 0.05) is 12.7 Å². The zero-order chi connectivity index (χ0) is 13.1. The molecule has 0 bridgehead atoms. The number of nitriles is 1. The monoisotopic (exact) mass is 258 g/mol. The Hall–Kier alpha value is -2.26. The van der Waals surface area contributed by atoms with Gasteiger partial charge in [-0.15, -0.1) is 5.10 Å². The van der Waals surface area contributed by atoms with Crippen molar-refractivity contribution in [2.45, 2.75) is 6.92 Å². The van der Waals surface area contributed by atoms with Crippen LogP contribution in [0.1, 0.15) is 20.9 Å². The van der Waals surface area contributed by atoms with Gasteiger partial charge in [0.05, 0.1) is 17.3 Å². The summed E-state index contributed by atoms with van der Waals surface area (Å²) in [7, 11) is 1.68. The Morgan fingerprint density at radius 2 is 2.06 bits per heavy atom. The standard InChI is InChI=1S/C12H10N4OS/c1-8-11(18-15-14-8)12(17)16(2)10-5-3-9(7-13)4-6-10/h3-6H,1-2H3. The van der Waals surface area contributed by atoms with Crippen molar-refractivity contribution in [1.82, 2.24) is 9.59 Å². The lowest BCUT2D eigenvalue weighted by Gasteiger charge is -2.16. The van der Waals surface area contributed by atoms with Gasteiger partial charge in [0.1, 0.15) is 4.88 Å². The van der Waals surface area contributed by atoms with Crippen LogP contribution >= 0.6 is 11.5 Å². The quantitative estimate of drug-likeness (QED) is 0.826. The molecule has 6 heteroatoms. The number of benzene rings is 1. The Bertz CT molecular complexity index is 612. The van der Waals surface area contributed by atoms with Crippen molar-refractivity contribution in [3.63, 3.8) is 0 Å². The molecule has 0 aliphatic heterocycles. The number of nitrogens with zero attached hydrogens (tertiary/aromatic N) is 4. The molecular formula is C12H10N4OS. The molecule has 0 saturated carbocycles. The molecule has 0 aliphatic rings. The molecule has 1 amide bonds. The fourth-order valence-corrected chi connectivity index (χ4v) is 2.09. The number of carbonyl (C=O) groups excluding carboxylic acids is 1. The fraction of sp³-hybridized carbons (Fsp3) is 0.167. The molecule has 1 aromatic heterocycles. The SMILES string of the molecule is Cc1nnsc1C(=O)N(C)c1ccc(C#N)cc1. The number of amides is 1. The van der Waals surface area contributed by atoms with Crippen molar-refractivity contribution in [1.29, 1.82) is 5.26 Å². The first-order valence-electron chi connectivity index (χ1n) is 5.20. The molecule has 1 heterocycles. The van der Waals surface area contributed by atoms with E-state index in [0.717, 1.165) is 17.2 Å². The number of anilines is 1. The van der Waals surface area contributed by atoms with E-state index in [0.29, 0.717) is 16.1 Å². The maximum Gasteiger partial charge on any atom is 0.271 e. The van der Waals surface area contributed by atoms with Gasteiger partial charge in [-0.1, -0.05) is 4.49 Å². The Morgan fingerprint density at radius 1 is 1.39 bits per heavy atom. The van der Waals surface area contributed by atoms with E-state index in [2.05, 4.69) is 9.59 Å². The highest BCUT2D eigenvalue weighted by molar-refractivity contribution is 7.08. The average Bonchev–Trinajstić information content (AvgIpc) is 2.83. The van der Waals surface area contributed by atoms with Gasteiger partial charge in [-0.3, -0.25) is 4.79 Å². The van der Waals surface area contributed by atoms with Crippen molar-refractivity contribution in [3.8, 4) is 6.07 Å². The largest absolute Gasteiger partial charge is 0.311 e. The Labute approximate surface area is 108 Å². The molecule has 90 valence electrons. The predicted molar refractivity (Wildman–Crippen MR) is 68.5 cm³/mol. The van der Waals surface area contributed by atoms with Crippen LogP contribution in [0, 0.1) is 18.3 Å². The van der Waals surface area contributed by atoms with Crippen LogP contribution in [0.4, 0.5) is 5.69 Å². The van der Waals surface area contributed by atoms with E-state index in [1.807, 2.05) is 6.07 Å². The lowest BCUT2D eigenvalue weighted by atomic mass is 10.2. The van der Waals surface area contributed by atoms with E-state index in [9.17, 15) is 4.79 Å². The number of hydrogen-bond donors (Lipinski definition) is 0. The van der Waals surface area contributed by atoms with Crippen LogP contribution in [-0.4, -0.2) is 22.5 Å². The van der Waals surface area contributed by atoms with Crippen LogP contribution in [0.15, 0.2) is 24.3 Å². The first-order valence-corrected chi connectivity index (χ1v) is 5.98. The molecule has 0 saturated heterocycles. The molecule has 0 aliphatic carbocycles. The van der Waals surface area contributed by atoms with Crippen LogP contribution < -0.4 is 4.90 Å². The summed E-state index contributed by atoms with van der Waals surface area (Å²) in [5, 5.41) is 12.5. The summed E-state index contributed by atoms with van der Waals surface area (Å²) < 4.78 is 3.75. The van der Waals surface area contributed by atoms with E-state index in [1.165, 1.54) is 4.90 Å². The van der Waals surface area contributed by atoms with E-state index < -0.39 is 0 Å². The second kappa shape index (κ2) is 4.94. The zero-order valence-electron chi connectivity index (χ0n) is 9.91. The molecule has 5 nitrogen and oxygen atoms in total. The maximum atomic E-state index is 12.2. The van der Waals surface area contributed by atoms with Crippen LogP contribution in [-0.2, 0) is 0 Å². The van der Waals surface area contributed by atoms with Crippen molar-refractivity contribution in [2.75, 3.05) is 11.9 Å². The minimum Gasteiger partial charge on any atom is -0.311 e. The third-order valence-corrected chi connectivity index (χ3v) is 3.35. The van der Waals surface area contributed by atoms with E-state index in [-0.39, 0.29) is 5.91 Å². The van der Waals surface area contributed by atoms with Gasteiger partial charge in [-0.2, -0.15) is 5.26 Å². The second-order valence-electron chi connectivity index (χ2n) is 3.71. The van der Waals surface area contributed by atoms with E-state index in [1.54, 1.807) is 38.2 Å². The van der Waals surface area contributed by atoms with Gasteiger partial charge in [0.15, 0.2) is 0 Å². The van der Waals surface area contributed by atoms with Crippen molar-refractivity contribution >= 4 is 23.1 Å².